The third-order valence-corrected chi connectivity index (χ3v) is 4.95. The predicted octanol–water partition coefficient (Wildman–Crippen LogP) is 1.92. The molecule has 5 heteroatoms. The van der Waals surface area contributed by atoms with Crippen LogP contribution in [0, 0.1) is 5.41 Å². The molecule has 0 atom stereocenters. The maximum Gasteiger partial charge on any atom is 0.267 e. The van der Waals surface area contributed by atoms with Crippen LogP contribution < -0.4 is 16.4 Å². The third-order valence-electron chi connectivity index (χ3n) is 4.95. The van der Waals surface area contributed by atoms with Crippen molar-refractivity contribution in [1.29, 1.82) is 0 Å². The highest BCUT2D eigenvalue weighted by molar-refractivity contribution is 5.91. The number of hydrogen-bond acceptors (Lipinski definition) is 4. The van der Waals surface area contributed by atoms with Crippen LogP contribution in [0.5, 0.6) is 0 Å². The number of nitrogen functional groups attached to an aromatic ring is 1. The number of rotatable bonds is 2. The molecule has 0 unspecified atom stereocenters. The molecule has 1 saturated carbocycles. The minimum atomic E-state index is -0.504. The number of amides is 1. The van der Waals surface area contributed by atoms with Crippen molar-refractivity contribution in [2.45, 2.75) is 38.5 Å². The van der Waals surface area contributed by atoms with Crippen molar-refractivity contribution in [3.63, 3.8) is 0 Å². The van der Waals surface area contributed by atoms with E-state index in [1.807, 2.05) is 0 Å². The fourth-order valence-electron chi connectivity index (χ4n) is 3.67. The van der Waals surface area contributed by atoms with Crippen LogP contribution in [0.1, 0.15) is 49.0 Å². The standard InChI is InChI=1S/C15H22N4O/c16-11-3-4-12(13(17)20)18-14(11)19-9-7-15(8-10-19)5-1-2-6-15/h3-4H,1-2,5-10,16H2,(H2,17,20). The summed E-state index contributed by atoms with van der Waals surface area (Å²) in [7, 11) is 0. The highest BCUT2D eigenvalue weighted by Gasteiger charge is 2.37. The van der Waals surface area contributed by atoms with E-state index in [9.17, 15) is 4.79 Å². The van der Waals surface area contributed by atoms with Crippen molar-refractivity contribution in [3.05, 3.63) is 17.8 Å². The Kier molecular flexibility index (Phi) is 3.28. The normalized spacial score (nSPS) is 21.3. The fourth-order valence-corrected chi connectivity index (χ4v) is 3.67. The van der Waals surface area contributed by atoms with Crippen LogP contribution in [0.25, 0.3) is 0 Å². The number of aromatic nitrogens is 1. The quantitative estimate of drug-likeness (QED) is 0.862. The van der Waals surface area contributed by atoms with Gasteiger partial charge in [0.2, 0.25) is 0 Å². The Morgan fingerprint density at radius 1 is 1.15 bits per heavy atom. The molecule has 2 fully saturated rings. The van der Waals surface area contributed by atoms with Crippen LogP contribution in [0.3, 0.4) is 0 Å². The minimum absolute atomic E-state index is 0.287. The molecular formula is C15H22N4O. The summed E-state index contributed by atoms with van der Waals surface area (Å²) >= 11 is 0. The zero-order chi connectivity index (χ0) is 14.2. The number of anilines is 2. The van der Waals surface area contributed by atoms with Crippen molar-refractivity contribution in [1.82, 2.24) is 4.98 Å². The first-order valence-electron chi connectivity index (χ1n) is 7.41. The Morgan fingerprint density at radius 3 is 2.40 bits per heavy atom. The molecule has 1 spiro atoms. The molecule has 108 valence electrons. The van der Waals surface area contributed by atoms with Gasteiger partial charge in [-0.25, -0.2) is 4.98 Å². The average molecular weight is 274 g/mol. The molecule has 0 aromatic carbocycles. The summed E-state index contributed by atoms with van der Waals surface area (Å²) in [5.41, 5.74) is 12.8. The van der Waals surface area contributed by atoms with E-state index in [1.54, 1.807) is 12.1 Å². The van der Waals surface area contributed by atoms with Gasteiger partial charge in [0.05, 0.1) is 5.69 Å². The van der Waals surface area contributed by atoms with Crippen LogP contribution in [0.15, 0.2) is 12.1 Å². The Labute approximate surface area is 119 Å². The van der Waals surface area contributed by atoms with Gasteiger partial charge in [-0.15, -0.1) is 0 Å². The predicted molar refractivity (Wildman–Crippen MR) is 79.5 cm³/mol. The Balaban J connectivity index is 1.77. The van der Waals surface area contributed by atoms with Crippen LogP contribution in [-0.4, -0.2) is 24.0 Å². The van der Waals surface area contributed by atoms with Crippen LogP contribution in [0.2, 0.25) is 0 Å². The van der Waals surface area contributed by atoms with Gasteiger partial charge in [-0.1, -0.05) is 12.8 Å². The molecule has 1 aromatic heterocycles. The van der Waals surface area contributed by atoms with Gasteiger partial charge in [-0.05, 0) is 43.2 Å². The average Bonchev–Trinajstić information content (AvgIpc) is 2.89. The lowest BCUT2D eigenvalue weighted by Crippen LogP contribution is -2.39. The molecule has 1 aliphatic carbocycles. The summed E-state index contributed by atoms with van der Waals surface area (Å²) < 4.78 is 0. The first kappa shape index (κ1) is 13.2. The summed E-state index contributed by atoms with van der Waals surface area (Å²) in [5.74, 6) is 0.213. The molecule has 5 nitrogen and oxygen atoms in total. The second-order valence-electron chi connectivity index (χ2n) is 6.17. The van der Waals surface area contributed by atoms with Gasteiger partial charge in [0, 0.05) is 13.1 Å². The number of nitrogens with zero attached hydrogens (tertiary/aromatic N) is 2. The molecule has 4 N–H and O–H groups in total. The van der Waals surface area contributed by atoms with Crippen molar-refractivity contribution in [2.75, 3.05) is 23.7 Å². The topological polar surface area (TPSA) is 85.2 Å². The highest BCUT2D eigenvalue weighted by Crippen LogP contribution is 2.46. The second-order valence-corrected chi connectivity index (χ2v) is 6.17. The van der Waals surface area contributed by atoms with Crippen LogP contribution >= 0.6 is 0 Å². The molecule has 1 saturated heterocycles. The van der Waals surface area contributed by atoms with Gasteiger partial charge in [0.15, 0.2) is 5.82 Å². The van der Waals surface area contributed by atoms with E-state index >= 15 is 0 Å². The monoisotopic (exact) mass is 274 g/mol. The number of pyridine rings is 1. The first-order valence-corrected chi connectivity index (χ1v) is 7.41. The Hall–Kier alpha value is -1.78. The van der Waals surface area contributed by atoms with E-state index in [0.717, 1.165) is 13.1 Å². The van der Waals surface area contributed by atoms with Gasteiger partial charge < -0.3 is 16.4 Å². The molecule has 2 heterocycles. The molecule has 3 rings (SSSR count). The molecule has 1 aromatic rings. The Bertz CT molecular complexity index is 513. The summed E-state index contributed by atoms with van der Waals surface area (Å²) in [6.07, 6.45) is 7.88. The van der Waals surface area contributed by atoms with Gasteiger partial charge >= 0.3 is 0 Å². The van der Waals surface area contributed by atoms with E-state index in [1.165, 1.54) is 38.5 Å². The number of primary amides is 1. The van der Waals surface area contributed by atoms with E-state index in [4.69, 9.17) is 11.5 Å². The maximum absolute atomic E-state index is 11.3. The smallest absolute Gasteiger partial charge is 0.267 e. The van der Waals surface area contributed by atoms with E-state index in [2.05, 4.69) is 9.88 Å². The second kappa shape index (κ2) is 4.96. The number of piperidine rings is 1. The summed E-state index contributed by atoms with van der Waals surface area (Å²) in [6.45, 7) is 1.94. The van der Waals surface area contributed by atoms with Gasteiger partial charge in [0.1, 0.15) is 5.69 Å². The molecular weight excluding hydrogens is 252 g/mol. The summed E-state index contributed by atoms with van der Waals surface area (Å²) in [4.78, 5) is 17.8. The van der Waals surface area contributed by atoms with Crippen LogP contribution in [-0.2, 0) is 0 Å². The molecule has 1 aliphatic heterocycles. The molecule has 1 amide bonds. The first-order chi connectivity index (χ1) is 9.60. The lowest BCUT2D eigenvalue weighted by molar-refractivity contribution is 0.0995. The fraction of sp³-hybridized carbons (Fsp3) is 0.600. The molecule has 20 heavy (non-hydrogen) atoms. The lowest BCUT2D eigenvalue weighted by atomic mass is 9.77. The van der Waals surface area contributed by atoms with Crippen LogP contribution in [0.4, 0.5) is 11.5 Å². The number of nitrogens with two attached hydrogens (primary N) is 2. The highest BCUT2D eigenvalue weighted by atomic mass is 16.1. The molecule has 2 aliphatic rings. The van der Waals surface area contributed by atoms with E-state index in [0.29, 0.717) is 16.9 Å². The third kappa shape index (κ3) is 2.32. The zero-order valence-corrected chi connectivity index (χ0v) is 11.8. The summed E-state index contributed by atoms with van der Waals surface area (Å²) in [5, 5.41) is 0. The van der Waals surface area contributed by atoms with E-state index < -0.39 is 5.91 Å². The van der Waals surface area contributed by atoms with Gasteiger partial charge in [-0.3, -0.25) is 4.79 Å². The maximum atomic E-state index is 11.3. The SMILES string of the molecule is NC(=O)c1ccc(N)c(N2CCC3(CCCC3)CC2)n1. The number of carbonyl (C=O) groups is 1. The largest absolute Gasteiger partial charge is 0.396 e. The zero-order valence-electron chi connectivity index (χ0n) is 11.8. The lowest BCUT2D eigenvalue weighted by Gasteiger charge is -2.40. The van der Waals surface area contributed by atoms with Crippen molar-refractivity contribution >= 4 is 17.4 Å². The van der Waals surface area contributed by atoms with Crippen molar-refractivity contribution < 1.29 is 4.79 Å². The molecule has 0 bridgehead atoms. The number of carbonyl (C=O) groups excluding carboxylic acids is 1. The van der Waals surface area contributed by atoms with Gasteiger partial charge in [-0.2, -0.15) is 0 Å². The molecule has 0 radical (unpaired) electrons. The Morgan fingerprint density at radius 2 is 1.80 bits per heavy atom. The minimum Gasteiger partial charge on any atom is -0.396 e. The van der Waals surface area contributed by atoms with Crippen molar-refractivity contribution in [3.8, 4) is 0 Å². The number of hydrogen-bond donors (Lipinski definition) is 2. The van der Waals surface area contributed by atoms with Crippen molar-refractivity contribution in [2.24, 2.45) is 11.1 Å². The van der Waals surface area contributed by atoms with E-state index in [-0.39, 0.29) is 5.69 Å². The summed E-state index contributed by atoms with van der Waals surface area (Å²) in [6, 6.07) is 3.31. The van der Waals surface area contributed by atoms with Gasteiger partial charge in [0.25, 0.3) is 5.91 Å².